The summed E-state index contributed by atoms with van der Waals surface area (Å²) in [5, 5.41) is 0.450. The second kappa shape index (κ2) is 6.33. The number of hydrogen-bond donors (Lipinski definition) is 0. The lowest BCUT2D eigenvalue weighted by molar-refractivity contribution is 0.186. The zero-order chi connectivity index (χ0) is 15.6. The van der Waals surface area contributed by atoms with Crippen LogP contribution in [0, 0.1) is 5.41 Å². The van der Waals surface area contributed by atoms with Gasteiger partial charge in [0.2, 0.25) is 0 Å². The molecule has 112 valence electrons. The molecule has 0 saturated heterocycles. The van der Waals surface area contributed by atoms with Gasteiger partial charge in [0.05, 0.1) is 21.5 Å². The highest BCUT2D eigenvalue weighted by molar-refractivity contribution is 7.90. The lowest BCUT2D eigenvalue weighted by atomic mass is 9.99. The van der Waals surface area contributed by atoms with Crippen LogP contribution in [-0.2, 0) is 14.8 Å². The van der Waals surface area contributed by atoms with E-state index in [1.165, 1.54) is 25.1 Å². The summed E-state index contributed by atoms with van der Waals surface area (Å²) in [6, 6.07) is 4.03. The minimum Gasteiger partial charge on any atom is -0.480 e. The maximum atomic E-state index is 12.1. The SMILES string of the molecule is C/C(=N\S(=O)(=O)c1ccc(Cl)c(Cl)c1)OCC(C)(C)C. The van der Waals surface area contributed by atoms with Crippen molar-refractivity contribution in [3.63, 3.8) is 0 Å². The van der Waals surface area contributed by atoms with Crippen molar-refractivity contribution < 1.29 is 13.2 Å². The largest absolute Gasteiger partial charge is 0.480 e. The minimum atomic E-state index is -3.85. The predicted octanol–water partition coefficient (Wildman–Crippen LogP) is 4.16. The Morgan fingerprint density at radius 1 is 1.25 bits per heavy atom. The van der Waals surface area contributed by atoms with Gasteiger partial charge in [0, 0.05) is 6.92 Å². The summed E-state index contributed by atoms with van der Waals surface area (Å²) >= 11 is 11.6. The van der Waals surface area contributed by atoms with Crippen molar-refractivity contribution in [1.29, 1.82) is 0 Å². The molecule has 0 aliphatic heterocycles. The van der Waals surface area contributed by atoms with Gasteiger partial charge < -0.3 is 4.74 Å². The Hall–Kier alpha value is -0.780. The summed E-state index contributed by atoms with van der Waals surface area (Å²) in [7, 11) is -3.85. The van der Waals surface area contributed by atoms with E-state index in [0.29, 0.717) is 6.61 Å². The Morgan fingerprint density at radius 2 is 1.85 bits per heavy atom. The number of hydrogen-bond acceptors (Lipinski definition) is 3. The van der Waals surface area contributed by atoms with E-state index >= 15 is 0 Å². The monoisotopic (exact) mass is 337 g/mol. The third kappa shape index (κ3) is 5.31. The number of nitrogens with zero attached hydrogens (tertiary/aromatic N) is 1. The molecule has 20 heavy (non-hydrogen) atoms. The molecule has 0 N–H and O–H groups in total. The lowest BCUT2D eigenvalue weighted by Gasteiger charge is -2.18. The lowest BCUT2D eigenvalue weighted by Crippen LogP contribution is -2.17. The first-order valence-electron chi connectivity index (χ1n) is 5.91. The Morgan fingerprint density at radius 3 is 2.35 bits per heavy atom. The number of rotatable bonds is 3. The number of benzene rings is 1. The molecule has 0 aliphatic carbocycles. The Kier molecular flexibility index (Phi) is 5.46. The summed E-state index contributed by atoms with van der Waals surface area (Å²) in [6.07, 6.45) is 0. The number of ether oxygens (including phenoxy) is 1. The third-order valence-electron chi connectivity index (χ3n) is 2.15. The van der Waals surface area contributed by atoms with E-state index in [2.05, 4.69) is 4.40 Å². The second-order valence-corrected chi connectivity index (χ2v) is 7.93. The molecule has 0 fully saturated rings. The molecular weight excluding hydrogens is 321 g/mol. The fourth-order valence-corrected chi connectivity index (χ4v) is 2.57. The van der Waals surface area contributed by atoms with Gasteiger partial charge in [-0.05, 0) is 23.6 Å². The van der Waals surface area contributed by atoms with Gasteiger partial charge >= 0.3 is 0 Å². The molecule has 0 aliphatic rings. The molecule has 0 spiro atoms. The van der Waals surface area contributed by atoms with Gasteiger partial charge in [-0.1, -0.05) is 44.0 Å². The zero-order valence-electron chi connectivity index (χ0n) is 11.8. The van der Waals surface area contributed by atoms with Gasteiger partial charge in [-0.3, -0.25) is 0 Å². The zero-order valence-corrected chi connectivity index (χ0v) is 14.1. The first-order valence-corrected chi connectivity index (χ1v) is 8.10. The fourth-order valence-electron chi connectivity index (χ4n) is 1.21. The van der Waals surface area contributed by atoms with Crippen LogP contribution in [0.4, 0.5) is 0 Å². The first kappa shape index (κ1) is 17.3. The van der Waals surface area contributed by atoms with E-state index in [0.717, 1.165) is 0 Å². The quantitative estimate of drug-likeness (QED) is 0.614. The van der Waals surface area contributed by atoms with Crippen LogP contribution in [0.15, 0.2) is 27.5 Å². The van der Waals surface area contributed by atoms with Gasteiger partial charge in [-0.2, -0.15) is 8.42 Å². The molecule has 0 atom stereocenters. The maximum absolute atomic E-state index is 12.1. The average molecular weight is 338 g/mol. The molecule has 0 heterocycles. The molecule has 0 aromatic heterocycles. The number of halogens is 2. The Bertz CT molecular complexity index is 619. The fraction of sp³-hybridized carbons (Fsp3) is 0.462. The highest BCUT2D eigenvalue weighted by Crippen LogP contribution is 2.25. The van der Waals surface area contributed by atoms with Crippen LogP contribution in [0.25, 0.3) is 0 Å². The molecule has 0 bridgehead atoms. The molecule has 7 heteroatoms. The van der Waals surface area contributed by atoms with E-state index < -0.39 is 10.0 Å². The second-order valence-electron chi connectivity index (χ2n) is 5.51. The van der Waals surface area contributed by atoms with E-state index in [-0.39, 0.29) is 26.3 Å². The molecule has 1 aromatic carbocycles. The van der Waals surface area contributed by atoms with E-state index in [4.69, 9.17) is 27.9 Å². The van der Waals surface area contributed by atoms with Crippen molar-refractivity contribution in [2.75, 3.05) is 6.61 Å². The topological polar surface area (TPSA) is 55.7 Å². The van der Waals surface area contributed by atoms with Crippen LogP contribution >= 0.6 is 23.2 Å². The van der Waals surface area contributed by atoms with Crippen LogP contribution in [0.5, 0.6) is 0 Å². The third-order valence-corrected chi connectivity index (χ3v) is 4.24. The molecule has 0 radical (unpaired) electrons. The maximum Gasteiger partial charge on any atom is 0.285 e. The van der Waals surface area contributed by atoms with E-state index in [1.54, 1.807) is 0 Å². The molecule has 1 aromatic rings. The highest BCUT2D eigenvalue weighted by Gasteiger charge is 2.17. The molecular formula is C13H17Cl2NO3S. The van der Waals surface area contributed by atoms with Gasteiger partial charge in [0.1, 0.15) is 0 Å². The minimum absolute atomic E-state index is 0.0226. The van der Waals surface area contributed by atoms with E-state index in [9.17, 15) is 8.42 Å². The van der Waals surface area contributed by atoms with Gasteiger partial charge in [0.15, 0.2) is 5.90 Å². The van der Waals surface area contributed by atoms with Crippen LogP contribution in [0.2, 0.25) is 10.0 Å². The van der Waals surface area contributed by atoms with Crippen LogP contribution in [0.3, 0.4) is 0 Å². The number of sulfonamides is 1. The standard InChI is InChI=1S/C13H17Cl2NO3S/c1-9(19-8-13(2,3)4)16-20(17,18)10-5-6-11(14)12(15)7-10/h5-7H,8H2,1-4H3/b16-9+. The van der Waals surface area contributed by atoms with Crippen molar-refractivity contribution in [2.24, 2.45) is 9.81 Å². The van der Waals surface area contributed by atoms with Crippen molar-refractivity contribution >= 4 is 39.1 Å². The molecule has 1 rings (SSSR count). The van der Waals surface area contributed by atoms with Gasteiger partial charge in [-0.25, -0.2) is 0 Å². The molecule has 0 saturated carbocycles. The summed E-state index contributed by atoms with van der Waals surface area (Å²) in [5.41, 5.74) is -0.0792. The smallest absolute Gasteiger partial charge is 0.285 e. The summed E-state index contributed by atoms with van der Waals surface area (Å²) < 4.78 is 33.1. The summed E-state index contributed by atoms with van der Waals surface area (Å²) in [5.74, 6) is 0.0889. The highest BCUT2D eigenvalue weighted by atomic mass is 35.5. The van der Waals surface area contributed by atoms with Crippen molar-refractivity contribution in [3.8, 4) is 0 Å². The Labute approximate surface area is 129 Å². The molecule has 0 unspecified atom stereocenters. The Balaban J connectivity index is 2.96. The van der Waals surface area contributed by atoms with Crippen LogP contribution in [-0.4, -0.2) is 20.9 Å². The van der Waals surface area contributed by atoms with Crippen molar-refractivity contribution in [2.45, 2.75) is 32.6 Å². The van der Waals surface area contributed by atoms with Crippen molar-refractivity contribution in [1.82, 2.24) is 0 Å². The average Bonchev–Trinajstić information content (AvgIpc) is 2.28. The molecule has 4 nitrogen and oxygen atoms in total. The van der Waals surface area contributed by atoms with E-state index in [1.807, 2.05) is 20.8 Å². The van der Waals surface area contributed by atoms with Gasteiger partial charge in [0.25, 0.3) is 10.0 Å². The predicted molar refractivity (Wildman–Crippen MR) is 82.2 cm³/mol. The first-order chi connectivity index (χ1) is 9.01. The molecule has 0 amide bonds. The van der Waals surface area contributed by atoms with Gasteiger partial charge in [-0.15, -0.1) is 4.40 Å². The van der Waals surface area contributed by atoms with Crippen LogP contribution < -0.4 is 0 Å². The van der Waals surface area contributed by atoms with Crippen LogP contribution in [0.1, 0.15) is 27.7 Å². The summed E-state index contributed by atoms with van der Waals surface area (Å²) in [4.78, 5) is -0.0226. The normalized spacial score (nSPS) is 13.4. The summed E-state index contributed by atoms with van der Waals surface area (Å²) in [6.45, 7) is 7.81. The van der Waals surface area contributed by atoms with Crippen molar-refractivity contribution in [3.05, 3.63) is 28.2 Å².